The number of hydrogen-bond acceptors (Lipinski definition) is 7. The molecule has 0 bridgehead atoms. The van der Waals surface area contributed by atoms with Crippen LogP contribution in [0.2, 0.25) is 0 Å². The molecule has 0 radical (unpaired) electrons. The summed E-state index contributed by atoms with van der Waals surface area (Å²) < 4.78 is 11.0. The molecule has 1 amide bonds. The van der Waals surface area contributed by atoms with E-state index in [2.05, 4.69) is 0 Å². The molecule has 1 aliphatic heterocycles. The number of nitro benzene ring substituents is 1. The van der Waals surface area contributed by atoms with Crippen LogP contribution in [0.1, 0.15) is 28.8 Å². The maximum Gasteiger partial charge on any atom is 0.286 e. The van der Waals surface area contributed by atoms with Gasteiger partial charge >= 0.3 is 0 Å². The van der Waals surface area contributed by atoms with E-state index in [1.807, 2.05) is 30.3 Å². The van der Waals surface area contributed by atoms with Crippen LogP contribution in [0.5, 0.6) is 11.5 Å². The van der Waals surface area contributed by atoms with Crippen molar-refractivity contribution >= 4 is 11.6 Å². The Morgan fingerprint density at radius 3 is 2.37 bits per heavy atom. The monoisotopic (exact) mass is 418 g/mol. The smallest absolute Gasteiger partial charge is 0.286 e. The second-order valence-electron chi connectivity index (χ2n) is 6.57. The van der Waals surface area contributed by atoms with Gasteiger partial charge in [-0.05, 0) is 18.4 Å². The molecular formula is C21H26N2O7. The predicted octanol–water partition coefficient (Wildman–Crippen LogP) is 2.39. The third-order valence-corrected chi connectivity index (χ3v) is 4.70. The lowest BCUT2D eigenvalue weighted by atomic mass is 10.1. The molecule has 3 rings (SSSR count). The van der Waals surface area contributed by atoms with Crippen molar-refractivity contribution in [2.24, 2.45) is 0 Å². The fraction of sp³-hybridized carbons (Fsp3) is 0.381. The molecule has 2 aromatic carbocycles. The number of methoxy groups -OCH3 is 1. The van der Waals surface area contributed by atoms with Crippen molar-refractivity contribution in [3.05, 3.63) is 63.7 Å². The van der Waals surface area contributed by atoms with Crippen LogP contribution in [0.15, 0.2) is 42.5 Å². The van der Waals surface area contributed by atoms with E-state index < -0.39 is 16.9 Å². The molecule has 0 atom stereocenters. The molecule has 0 unspecified atom stereocenters. The Hall–Kier alpha value is -3.17. The number of nitrogens with zero attached hydrogens (tertiary/aromatic N) is 2. The third-order valence-electron chi connectivity index (χ3n) is 4.70. The van der Waals surface area contributed by atoms with E-state index in [1.165, 1.54) is 24.1 Å². The first-order valence-corrected chi connectivity index (χ1v) is 9.44. The zero-order valence-corrected chi connectivity index (χ0v) is 17.0. The van der Waals surface area contributed by atoms with Gasteiger partial charge in [0.05, 0.1) is 24.2 Å². The Morgan fingerprint density at radius 2 is 1.80 bits per heavy atom. The van der Waals surface area contributed by atoms with Crippen LogP contribution in [0, 0.1) is 10.1 Å². The van der Waals surface area contributed by atoms with Gasteiger partial charge in [-0.3, -0.25) is 14.9 Å². The lowest BCUT2D eigenvalue weighted by Crippen LogP contribution is -2.40. The first-order chi connectivity index (χ1) is 14.5. The number of ether oxygens (including phenoxy) is 2. The summed E-state index contributed by atoms with van der Waals surface area (Å²) >= 11 is 0. The molecule has 0 aromatic heterocycles. The summed E-state index contributed by atoms with van der Waals surface area (Å²) in [5.41, 5.74) is 0.518. The third kappa shape index (κ3) is 5.68. The minimum Gasteiger partial charge on any atom is -0.493 e. The zero-order valence-electron chi connectivity index (χ0n) is 17.0. The number of carbonyl (C=O) groups excluding carboxylic acids is 1. The highest BCUT2D eigenvalue weighted by Crippen LogP contribution is 2.36. The first kappa shape index (κ1) is 23.1. The largest absolute Gasteiger partial charge is 0.493 e. The topological polar surface area (TPSA) is 122 Å². The molecule has 0 aliphatic carbocycles. The van der Waals surface area contributed by atoms with Crippen molar-refractivity contribution in [2.45, 2.75) is 25.6 Å². The van der Waals surface area contributed by atoms with E-state index in [4.69, 9.17) is 14.6 Å². The molecule has 1 fully saturated rings. The summed E-state index contributed by atoms with van der Waals surface area (Å²) in [6, 6.07) is 12.0. The van der Waals surface area contributed by atoms with Gasteiger partial charge in [0.25, 0.3) is 11.6 Å². The molecule has 162 valence electrons. The lowest BCUT2D eigenvalue weighted by molar-refractivity contribution is -0.385. The fourth-order valence-electron chi connectivity index (χ4n) is 3.12. The number of benzene rings is 2. The van der Waals surface area contributed by atoms with Crippen LogP contribution in [0.3, 0.4) is 0 Å². The average Bonchev–Trinajstić information content (AvgIpc) is 2.79. The number of aliphatic hydroxyl groups is 2. The summed E-state index contributed by atoms with van der Waals surface area (Å²) in [6.07, 6.45) is 0.464. The highest BCUT2D eigenvalue weighted by molar-refractivity contribution is 5.99. The van der Waals surface area contributed by atoms with Gasteiger partial charge in [-0.15, -0.1) is 0 Å². The first-order valence-electron chi connectivity index (χ1n) is 9.44. The SMILES string of the molecule is CO.COc1cc(C(=O)N2CCC(O)CC2)c([N+](=O)[O-])cc1OCc1ccccc1. The van der Waals surface area contributed by atoms with Gasteiger partial charge in [0.1, 0.15) is 12.2 Å². The van der Waals surface area contributed by atoms with Crippen LogP contribution >= 0.6 is 0 Å². The van der Waals surface area contributed by atoms with Gasteiger partial charge in [-0.2, -0.15) is 0 Å². The van der Waals surface area contributed by atoms with Crippen LogP contribution in [0.4, 0.5) is 5.69 Å². The van der Waals surface area contributed by atoms with E-state index in [0.717, 1.165) is 12.7 Å². The molecule has 9 nitrogen and oxygen atoms in total. The molecule has 1 saturated heterocycles. The summed E-state index contributed by atoms with van der Waals surface area (Å²) in [7, 11) is 2.42. The lowest BCUT2D eigenvalue weighted by Gasteiger charge is -2.29. The minimum atomic E-state index is -0.596. The minimum absolute atomic E-state index is 0.0506. The number of piperidine rings is 1. The van der Waals surface area contributed by atoms with E-state index in [1.54, 1.807) is 0 Å². The van der Waals surface area contributed by atoms with Gasteiger partial charge in [0.2, 0.25) is 0 Å². The van der Waals surface area contributed by atoms with Crippen LogP contribution in [-0.2, 0) is 6.61 Å². The Morgan fingerprint density at radius 1 is 1.17 bits per heavy atom. The highest BCUT2D eigenvalue weighted by atomic mass is 16.6. The van der Waals surface area contributed by atoms with Gasteiger partial charge in [-0.25, -0.2) is 0 Å². The molecule has 30 heavy (non-hydrogen) atoms. The van der Waals surface area contributed by atoms with Crippen LogP contribution < -0.4 is 9.47 Å². The predicted molar refractivity (Wildman–Crippen MR) is 110 cm³/mol. The second-order valence-corrected chi connectivity index (χ2v) is 6.57. The molecule has 0 spiro atoms. The van der Waals surface area contributed by atoms with Crippen molar-refractivity contribution in [3.8, 4) is 11.5 Å². The van der Waals surface area contributed by atoms with Gasteiger partial charge in [0.15, 0.2) is 11.5 Å². The number of nitro groups is 1. The average molecular weight is 418 g/mol. The molecular weight excluding hydrogens is 392 g/mol. The summed E-state index contributed by atoms with van der Waals surface area (Å²) in [4.78, 5) is 25.3. The number of carbonyl (C=O) groups is 1. The van der Waals surface area contributed by atoms with E-state index >= 15 is 0 Å². The maximum atomic E-state index is 12.8. The molecule has 2 N–H and O–H groups in total. The number of aliphatic hydroxyl groups excluding tert-OH is 2. The Balaban J connectivity index is 0.00000155. The Bertz CT molecular complexity index is 850. The second kappa shape index (κ2) is 11.1. The summed E-state index contributed by atoms with van der Waals surface area (Å²) in [6.45, 7) is 0.920. The normalized spacial score (nSPS) is 13.8. The number of hydrogen-bond donors (Lipinski definition) is 2. The standard InChI is InChI=1S/C20H22N2O6.CH4O/c1-27-18-11-16(20(24)21-9-7-15(23)8-10-21)17(22(25)26)12-19(18)28-13-14-5-3-2-4-6-14;1-2/h2-6,11-12,15,23H,7-10,13H2,1H3;2H,1H3. The van der Waals surface area contributed by atoms with Crippen molar-refractivity contribution in [3.63, 3.8) is 0 Å². The number of rotatable bonds is 6. The fourth-order valence-corrected chi connectivity index (χ4v) is 3.12. The Labute approximate surface area is 174 Å². The van der Waals surface area contributed by atoms with E-state index in [9.17, 15) is 20.0 Å². The van der Waals surface area contributed by atoms with Crippen molar-refractivity contribution in [2.75, 3.05) is 27.3 Å². The molecule has 9 heteroatoms. The van der Waals surface area contributed by atoms with Crippen molar-refractivity contribution in [1.29, 1.82) is 0 Å². The highest BCUT2D eigenvalue weighted by Gasteiger charge is 2.30. The van der Waals surface area contributed by atoms with Crippen molar-refractivity contribution < 1.29 is 29.4 Å². The zero-order chi connectivity index (χ0) is 22.1. The summed E-state index contributed by atoms with van der Waals surface area (Å²) in [5.74, 6) is -0.00268. The van der Waals surface area contributed by atoms with Crippen LogP contribution in [-0.4, -0.2) is 59.4 Å². The molecule has 0 saturated carbocycles. The van der Waals surface area contributed by atoms with Crippen LogP contribution in [0.25, 0.3) is 0 Å². The molecule has 1 aliphatic rings. The summed E-state index contributed by atoms with van der Waals surface area (Å²) in [5, 5.41) is 28.2. The maximum absolute atomic E-state index is 12.8. The van der Waals surface area contributed by atoms with Gasteiger partial charge < -0.3 is 24.6 Å². The van der Waals surface area contributed by atoms with Crippen molar-refractivity contribution in [1.82, 2.24) is 4.90 Å². The number of amides is 1. The van der Waals surface area contributed by atoms with E-state index in [0.29, 0.717) is 25.9 Å². The number of likely N-dealkylation sites (tertiary alicyclic amines) is 1. The quantitative estimate of drug-likeness (QED) is 0.545. The van der Waals surface area contributed by atoms with E-state index in [-0.39, 0.29) is 29.4 Å². The Kier molecular flexibility index (Phi) is 8.57. The van der Waals surface area contributed by atoms with Gasteiger partial charge in [0, 0.05) is 26.3 Å². The van der Waals surface area contributed by atoms with Gasteiger partial charge in [-0.1, -0.05) is 30.3 Å². The molecule has 1 heterocycles. The molecule has 2 aromatic rings.